The zero-order chi connectivity index (χ0) is 24.1. The van der Waals surface area contributed by atoms with Gasteiger partial charge in [0.05, 0.1) is 11.1 Å². The summed E-state index contributed by atoms with van der Waals surface area (Å²) in [4.78, 5) is 53.4. The van der Waals surface area contributed by atoms with Gasteiger partial charge in [-0.2, -0.15) is 0 Å². The van der Waals surface area contributed by atoms with Gasteiger partial charge in [-0.3, -0.25) is 24.1 Å². The molecule has 1 atom stereocenters. The SMILES string of the molecule is CC[C@@H](C(=O)NC)N(Cc1ccc(Cl)cc1Cl)C(=O)CCCN1C(=O)c2ccccc2C1=O. The van der Waals surface area contributed by atoms with Crippen LogP contribution in [0.3, 0.4) is 0 Å². The third-order valence-electron chi connectivity index (χ3n) is 5.64. The first-order valence-corrected chi connectivity index (χ1v) is 11.4. The fourth-order valence-corrected chi connectivity index (χ4v) is 4.36. The maximum atomic E-state index is 13.2. The van der Waals surface area contributed by atoms with Gasteiger partial charge >= 0.3 is 0 Å². The molecule has 1 N–H and O–H groups in total. The standard InChI is InChI=1S/C24H25Cl2N3O4/c1-3-20(22(31)27-2)29(14-15-10-11-16(25)13-19(15)26)21(30)9-6-12-28-23(32)17-7-4-5-8-18(17)24(28)33/h4-5,7-8,10-11,13,20H,3,6,9,12,14H2,1-2H3,(H,27,31)/t20-/m0/s1. The predicted molar refractivity (Wildman–Crippen MR) is 126 cm³/mol. The molecular formula is C24H25Cl2N3O4. The molecule has 0 bridgehead atoms. The van der Waals surface area contributed by atoms with Crippen molar-refractivity contribution in [3.05, 3.63) is 69.2 Å². The second-order valence-electron chi connectivity index (χ2n) is 7.71. The number of nitrogens with one attached hydrogen (secondary N) is 1. The van der Waals surface area contributed by atoms with E-state index < -0.39 is 6.04 Å². The Bertz CT molecular complexity index is 1050. The Labute approximate surface area is 202 Å². The van der Waals surface area contributed by atoms with Crippen molar-refractivity contribution in [1.82, 2.24) is 15.1 Å². The van der Waals surface area contributed by atoms with Crippen LogP contribution in [0.2, 0.25) is 10.0 Å². The summed E-state index contributed by atoms with van der Waals surface area (Å²) < 4.78 is 0. The first-order chi connectivity index (χ1) is 15.8. The highest BCUT2D eigenvalue weighted by molar-refractivity contribution is 6.35. The van der Waals surface area contributed by atoms with E-state index in [1.165, 1.54) is 11.9 Å². The van der Waals surface area contributed by atoms with E-state index >= 15 is 0 Å². The maximum absolute atomic E-state index is 13.2. The summed E-state index contributed by atoms with van der Waals surface area (Å²) in [6.07, 6.45) is 0.750. The number of likely N-dealkylation sites (N-methyl/N-ethyl adjacent to an activating group) is 1. The molecule has 0 saturated carbocycles. The average Bonchev–Trinajstić information content (AvgIpc) is 3.05. The number of rotatable bonds is 9. The lowest BCUT2D eigenvalue weighted by molar-refractivity contribution is -0.141. The molecule has 3 rings (SSSR count). The van der Waals surface area contributed by atoms with E-state index in [0.29, 0.717) is 33.2 Å². The van der Waals surface area contributed by atoms with Gasteiger partial charge < -0.3 is 10.2 Å². The lowest BCUT2D eigenvalue weighted by Gasteiger charge is -2.30. The lowest BCUT2D eigenvalue weighted by atomic mass is 10.1. The smallest absolute Gasteiger partial charge is 0.261 e. The number of nitrogens with zero attached hydrogens (tertiary/aromatic N) is 2. The fourth-order valence-electron chi connectivity index (χ4n) is 3.89. The van der Waals surface area contributed by atoms with Crippen LogP contribution in [-0.4, -0.2) is 53.1 Å². The highest BCUT2D eigenvalue weighted by Crippen LogP contribution is 2.25. The van der Waals surface area contributed by atoms with Crippen molar-refractivity contribution >= 4 is 46.8 Å². The monoisotopic (exact) mass is 489 g/mol. The van der Waals surface area contributed by atoms with Crippen molar-refractivity contribution in [3.63, 3.8) is 0 Å². The molecule has 0 saturated heterocycles. The number of hydrogen-bond acceptors (Lipinski definition) is 4. The summed E-state index contributed by atoms with van der Waals surface area (Å²) in [6.45, 7) is 2.07. The second kappa shape index (κ2) is 10.8. The van der Waals surface area contributed by atoms with E-state index in [9.17, 15) is 19.2 Å². The highest BCUT2D eigenvalue weighted by atomic mass is 35.5. The number of hydrogen-bond donors (Lipinski definition) is 1. The van der Waals surface area contributed by atoms with Crippen molar-refractivity contribution in [3.8, 4) is 0 Å². The van der Waals surface area contributed by atoms with Crippen LogP contribution in [0.4, 0.5) is 0 Å². The zero-order valence-electron chi connectivity index (χ0n) is 18.4. The molecule has 2 aromatic carbocycles. The summed E-state index contributed by atoms with van der Waals surface area (Å²) >= 11 is 12.3. The van der Waals surface area contributed by atoms with Gasteiger partial charge in [-0.1, -0.05) is 48.3 Å². The van der Waals surface area contributed by atoms with E-state index in [1.807, 2.05) is 6.92 Å². The summed E-state index contributed by atoms with van der Waals surface area (Å²) in [5.41, 5.74) is 1.41. The van der Waals surface area contributed by atoms with Gasteiger partial charge in [-0.15, -0.1) is 0 Å². The fraction of sp³-hybridized carbons (Fsp3) is 0.333. The van der Waals surface area contributed by atoms with Gasteiger partial charge in [0.25, 0.3) is 11.8 Å². The van der Waals surface area contributed by atoms with Crippen LogP contribution in [0.1, 0.15) is 52.5 Å². The first-order valence-electron chi connectivity index (χ1n) is 10.7. The lowest BCUT2D eigenvalue weighted by Crippen LogP contribution is -2.48. The molecule has 0 fully saturated rings. The van der Waals surface area contributed by atoms with Crippen LogP contribution in [0.5, 0.6) is 0 Å². The molecule has 9 heteroatoms. The van der Waals surface area contributed by atoms with Crippen LogP contribution >= 0.6 is 23.2 Å². The third kappa shape index (κ3) is 5.37. The van der Waals surface area contributed by atoms with Crippen LogP contribution in [-0.2, 0) is 16.1 Å². The van der Waals surface area contributed by atoms with Gasteiger partial charge in [-0.05, 0) is 42.7 Å². The second-order valence-corrected chi connectivity index (χ2v) is 8.55. The quantitative estimate of drug-likeness (QED) is 0.540. The van der Waals surface area contributed by atoms with Gasteiger partial charge in [0.2, 0.25) is 11.8 Å². The minimum atomic E-state index is -0.687. The summed E-state index contributed by atoms with van der Waals surface area (Å²) in [6, 6.07) is 11.0. The van der Waals surface area contributed by atoms with Crippen LogP contribution in [0.25, 0.3) is 0 Å². The molecule has 0 radical (unpaired) electrons. The van der Waals surface area contributed by atoms with Crippen molar-refractivity contribution in [2.75, 3.05) is 13.6 Å². The number of carbonyl (C=O) groups excluding carboxylic acids is 4. The Balaban J connectivity index is 1.71. The molecule has 0 aliphatic carbocycles. The van der Waals surface area contributed by atoms with Crippen LogP contribution in [0, 0.1) is 0 Å². The Morgan fingerprint density at radius 3 is 2.24 bits per heavy atom. The molecule has 0 aromatic heterocycles. The Morgan fingerprint density at radius 2 is 1.70 bits per heavy atom. The summed E-state index contributed by atoms with van der Waals surface area (Å²) in [7, 11) is 1.52. The molecule has 1 aliphatic heterocycles. The van der Waals surface area contributed by atoms with Crippen molar-refractivity contribution in [1.29, 1.82) is 0 Å². The van der Waals surface area contributed by atoms with Gasteiger partial charge in [-0.25, -0.2) is 0 Å². The Morgan fingerprint density at radius 1 is 1.06 bits per heavy atom. The largest absolute Gasteiger partial charge is 0.357 e. The van der Waals surface area contributed by atoms with E-state index in [-0.39, 0.29) is 49.6 Å². The molecule has 2 aromatic rings. The summed E-state index contributed by atoms with van der Waals surface area (Å²) in [5.74, 6) is -1.27. The Hall–Kier alpha value is -2.90. The molecule has 174 valence electrons. The van der Waals surface area contributed by atoms with Crippen LogP contribution < -0.4 is 5.32 Å². The van der Waals surface area contributed by atoms with Crippen molar-refractivity contribution in [2.45, 2.75) is 38.8 Å². The van der Waals surface area contributed by atoms with Crippen molar-refractivity contribution in [2.24, 2.45) is 0 Å². The highest BCUT2D eigenvalue weighted by Gasteiger charge is 2.35. The van der Waals surface area contributed by atoms with Gasteiger partial charge in [0, 0.05) is 36.6 Å². The number of halogens is 2. The first kappa shape index (κ1) is 24.7. The average molecular weight is 490 g/mol. The molecule has 0 spiro atoms. The minimum absolute atomic E-state index is 0.0616. The minimum Gasteiger partial charge on any atom is -0.357 e. The molecule has 0 unspecified atom stereocenters. The van der Waals surface area contributed by atoms with E-state index in [1.54, 1.807) is 42.5 Å². The molecule has 1 heterocycles. The van der Waals surface area contributed by atoms with E-state index in [0.717, 1.165) is 4.90 Å². The number of carbonyl (C=O) groups is 4. The topological polar surface area (TPSA) is 86.8 Å². The molecule has 1 aliphatic rings. The number of amides is 4. The van der Waals surface area contributed by atoms with E-state index in [4.69, 9.17) is 23.2 Å². The van der Waals surface area contributed by atoms with Crippen LogP contribution in [0.15, 0.2) is 42.5 Å². The molecule has 4 amide bonds. The summed E-state index contributed by atoms with van der Waals surface area (Å²) in [5, 5.41) is 3.47. The Kier molecular flexibility index (Phi) is 8.10. The molecular weight excluding hydrogens is 465 g/mol. The predicted octanol–water partition coefficient (Wildman–Crippen LogP) is 3.92. The zero-order valence-corrected chi connectivity index (χ0v) is 19.9. The number of benzene rings is 2. The molecule has 7 nitrogen and oxygen atoms in total. The normalized spacial score (nSPS) is 13.6. The van der Waals surface area contributed by atoms with E-state index in [2.05, 4.69) is 5.32 Å². The number of imide groups is 1. The molecule has 33 heavy (non-hydrogen) atoms. The van der Waals surface area contributed by atoms with Gasteiger partial charge in [0.15, 0.2) is 0 Å². The third-order valence-corrected chi connectivity index (χ3v) is 6.23. The maximum Gasteiger partial charge on any atom is 0.261 e. The van der Waals surface area contributed by atoms with Crippen molar-refractivity contribution < 1.29 is 19.2 Å². The van der Waals surface area contributed by atoms with Gasteiger partial charge in [0.1, 0.15) is 6.04 Å². The number of fused-ring (bicyclic) bond motifs is 1.